The van der Waals surface area contributed by atoms with Crippen molar-refractivity contribution >= 4 is 39.3 Å². The van der Waals surface area contributed by atoms with Gasteiger partial charge in [-0.05, 0) is 114 Å². The standard InChI is InChI=1S/C46H86OS2Si2/c1-7-9-11-27-33-43-37-39-45(48-43)35-29-23-19-15-13-17-21-25-31-41-50(3,4)47-51(5,6)42-32-26-22-18-14-16-20-24-30-36-46-40-38-44(49-46)34-28-12-10-8-2/h37-40H,7-36,41-42H2,1-6H3. The average molecular weight is 775 g/mol. The summed E-state index contributed by atoms with van der Waals surface area (Å²) in [4.78, 5) is 6.47. The molecule has 0 unspecified atom stereocenters. The van der Waals surface area contributed by atoms with E-state index in [-0.39, 0.29) is 0 Å². The third-order valence-electron chi connectivity index (χ3n) is 10.9. The van der Waals surface area contributed by atoms with Gasteiger partial charge in [0.15, 0.2) is 16.6 Å². The van der Waals surface area contributed by atoms with Gasteiger partial charge in [-0.3, -0.25) is 0 Å². The maximum atomic E-state index is 6.99. The Hall–Kier alpha value is -0.206. The van der Waals surface area contributed by atoms with Crippen molar-refractivity contribution in [1.82, 2.24) is 0 Å². The fourth-order valence-corrected chi connectivity index (χ4v) is 19.1. The van der Waals surface area contributed by atoms with Crippen LogP contribution in [0.5, 0.6) is 0 Å². The molecule has 2 aromatic heterocycles. The van der Waals surface area contributed by atoms with Gasteiger partial charge in [-0.25, -0.2) is 0 Å². The summed E-state index contributed by atoms with van der Waals surface area (Å²) in [6.45, 7) is 14.6. The molecule has 0 atom stereocenters. The molecule has 0 aliphatic rings. The molecular formula is C46H86OS2Si2. The highest BCUT2D eigenvalue weighted by Crippen LogP contribution is 2.27. The summed E-state index contributed by atoms with van der Waals surface area (Å²) in [5, 5.41) is 0. The largest absolute Gasteiger partial charge is 0.455 e. The van der Waals surface area contributed by atoms with Crippen molar-refractivity contribution in [3.05, 3.63) is 43.8 Å². The Bertz CT molecular complexity index is 975. The van der Waals surface area contributed by atoms with Crippen molar-refractivity contribution in [3.63, 3.8) is 0 Å². The lowest BCUT2D eigenvalue weighted by molar-refractivity contribution is 0.515. The molecule has 51 heavy (non-hydrogen) atoms. The van der Waals surface area contributed by atoms with Gasteiger partial charge in [0.05, 0.1) is 0 Å². The summed E-state index contributed by atoms with van der Waals surface area (Å²) in [5.41, 5.74) is 0. The summed E-state index contributed by atoms with van der Waals surface area (Å²) >= 11 is 4.16. The molecule has 0 bridgehead atoms. The number of unbranched alkanes of at least 4 members (excludes halogenated alkanes) is 22. The monoisotopic (exact) mass is 775 g/mol. The Morgan fingerprint density at radius 1 is 0.353 bits per heavy atom. The Labute approximate surface area is 330 Å². The predicted octanol–water partition coefficient (Wildman–Crippen LogP) is 17.3. The van der Waals surface area contributed by atoms with E-state index in [0.29, 0.717) is 0 Å². The summed E-state index contributed by atoms with van der Waals surface area (Å²) in [6, 6.07) is 12.3. The highest BCUT2D eigenvalue weighted by Gasteiger charge is 2.32. The Balaban J connectivity index is 1.35. The first kappa shape index (κ1) is 46.9. The van der Waals surface area contributed by atoms with Crippen LogP contribution in [0.15, 0.2) is 24.3 Å². The lowest BCUT2D eigenvalue weighted by Crippen LogP contribution is -2.44. The van der Waals surface area contributed by atoms with Gasteiger partial charge in [-0.1, -0.05) is 155 Å². The first-order valence-corrected chi connectivity index (χ1v) is 30.4. The van der Waals surface area contributed by atoms with E-state index in [9.17, 15) is 0 Å². The maximum absolute atomic E-state index is 6.99. The minimum Gasteiger partial charge on any atom is -0.455 e. The van der Waals surface area contributed by atoms with Crippen molar-refractivity contribution < 1.29 is 4.12 Å². The minimum atomic E-state index is -1.53. The van der Waals surface area contributed by atoms with Crippen LogP contribution in [0.1, 0.15) is 200 Å². The van der Waals surface area contributed by atoms with E-state index in [1.165, 1.54) is 205 Å². The van der Waals surface area contributed by atoms with Crippen molar-refractivity contribution in [1.29, 1.82) is 0 Å². The van der Waals surface area contributed by atoms with Crippen LogP contribution in [0.4, 0.5) is 0 Å². The molecule has 0 aliphatic carbocycles. The molecule has 2 rings (SSSR count). The minimum absolute atomic E-state index is 1.30. The van der Waals surface area contributed by atoms with Crippen molar-refractivity contribution in [2.24, 2.45) is 0 Å². The normalized spacial score (nSPS) is 12.4. The molecule has 0 saturated carbocycles. The SMILES string of the molecule is CCCCCCc1ccc(CCCCCCCCCCC[Si](C)(C)O[Si](C)(C)CCCCCCCCCCCc2ccc(CCCCCC)s2)s1. The smallest absolute Gasteiger partial charge is 0.173 e. The van der Waals surface area contributed by atoms with E-state index in [0.717, 1.165) is 0 Å². The van der Waals surface area contributed by atoms with Crippen molar-refractivity contribution in [3.8, 4) is 0 Å². The highest BCUT2D eigenvalue weighted by molar-refractivity contribution is 7.12. The zero-order valence-electron chi connectivity index (χ0n) is 35.2. The van der Waals surface area contributed by atoms with Crippen LogP contribution >= 0.6 is 22.7 Å². The van der Waals surface area contributed by atoms with Crippen molar-refractivity contribution in [2.75, 3.05) is 0 Å². The third kappa shape index (κ3) is 26.3. The fraction of sp³-hybridized carbons (Fsp3) is 0.826. The topological polar surface area (TPSA) is 9.23 Å². The van der Waals surface area contributed by atoms with Gasteiger partial charge < -0.3 is 4.12 Å². The van der Waals surface area contributed by atoms with Gasteiger partial charge in [0.25, 0.3) is 0 Å². The molecule has 0 aromatic carbocycles. The first-order valence-electron chi connectivity index (χ1n) is 22.6. The Morgan fingerprint density at radius 3 is 0.863 bits per heavy atom. The van der Waals surface area contributed by atoms with Crippen LogP contribution in [-0.4, -0.2) is 16.6 Å². The summed E-state index contributed by atoms with van der Waals surface area (Å²) in [6.07, 6.45) is 41.7. The fourth-order valence-electron chi connectivity index (χ4n) is 7.86. The molecule has 0 saturated heterocycles. The molecular weight excluding hydrogens is 689 g/mol. The highest BCUT2D eigenvalue weighted by atomic mass is 32.1. The second-order valence-electron chi connectivity index (χ2n) is 17.3. The lowest BCUT2D eigenvalue weighted by Gasteiger charge is -2.34. The molecule has 0 radical (unpaired) electrons. The molecule has 1 nitrogen and oxygen atoms in total. The number of hydrogen-bond donors (Lipinski definition) is 0. The Morgan fingerprint density at radius 2 is 0.588 bits per heavy atom. The van der Waals surface area contributed by atoms with Crippen LogP contribution in [0.25, 0.3) is 0 Å². The average Bonchev–Trinajstić information content (AvgIpc) is 3.75. The van der Waals surface area contributed by atoms with Crippen LogP contribution in [-0.2, 0) is 29.8 Å². The predicted molar refractivity (Wildman–Crippen MR) is 241 cm³/mol. The molecule has 0 N–H and O–H groups in total. The molecule has 0 amide bonds. The summed E-state index contributed by atoms with van der Waals surface area (Å²) in [5.74, 6) is 0. The zero-order valence-corrected chi connectivity index (χ0v) is 38.8. The maximum Gasteiger partial charge on any atom is 0.173 e. The summed E-state index contributed by atoms with van der Waals surface area (Å²) in [7, 11) is -3.06. The van der Waals surface area contributed by atoms with Crippen molar-refractivity contribution in [2.45, 2.75) is 245 Å². The van der Waals surface area contributed by atoms with Gasteiger partial charge in [0.1, 0.15) is 0 Å². The van der Waals surface area contributed by atoms with Crippen LogP contribution in [0.2, 0.25) is 38.3 Å². The van der Waals surface area contributed by atoms with Gasteiger partial charge in [0.2, 0.25) is 0 Å². The second kappa shape index (κ2) is 30.1. The molecule has 2 aromatic rings. The number of hydrogen-bond acceptors (Lipinski definition) is 3. The lowest BCUT2D eigenvalue weighted by atomic mass is 10.1. The van der Waals surface area contributed by atoms with E-state index < -0.39 is 16.6 Å². The van der Waals surface area contributed by atoms with E-state index in [1.807, 2.05) is 0 Å². The third-order valence-corrected chi connectivity index (χ3v) is 20.9. The van der Waals surface area contributed by atoms with E-state index in [4.69, 9.17) is 4.12 Å². The van der Waals surface area contributed by atoms with E-state index >= 15 is 0 Å². The molecule has 0 aliphatic heterocycles. The van der Waals surface area contributed by atoms with Crippen LogP contribution < -0.4 is 0 Å². The molecule has 5 heteroatoms. The number of aryl methyl sites for hydroxylation is 4. The number of thiophene rings is 2. The van der Waals surface area contributed by atoms with Gasteiger partial charge >= 0.3 is 0 Å². The van der Waals surface area contributed by atoms with E-state index in [2.05, 4.69) is 87.0 Å². The first-order chi connectivity index (χ1) is 24.7. The molecule has 0 fully saturated rings. The molecule has 296 valence electrons. The van der Waals surface area contributed by atoms with E-state index in [1.54, 1.807) is 19.5 Å². The number of rotatable bonds is 36. The summed E-state index contributed by atoms with van der Waals surface area (Å²) < 4.78 is 6.99. The molecule has 0 spiro atoms. The van der Waals surface area contributed by atoms with Gasteiger partial charge in [0, 0.05) is 19.5 Å². The Kier molecular flexibility index (Phi) is 27.7. The molecule has 2 heterocycles. The van der Waals surface area contributed by atoms with Crippen LogP contribution in [0, 0.1) is 0 Å². The van der Waals surface area contributed by atoms with Gasteiger partial charge in [-0.2, -0.15) is 0 Å². The second-order valence-corrected chi connectivity index (χ2v) is 28.7. The van der Waals surface area contributed by atoms with Crippen LogP contribution in [0.3, 0.4) is 0 Å². The van der Waals surface area contributed by atoms with Gasteiger partial charge in [-0.15, -0.1) is 22.7 Å². The zero-order chi connectivity index (χ0) is 36.9. The quantitative estimate of drug-likeness (QED) is 0.0495.